The van der Waals surface area contributed by atoms with E-state index in [9.17, 15) is 9.18 Å². The lowest BCUT2D eigenvalue weighted by molar-refractivity contribution is 0.0879. The Kier molecular flexibility index (Phi) is 4.91. The lowest BCUT2D eigenvalue weighted by atomic mass is 10.1. The molecular weight excluding hydrogens is 377 g/mol. The van der Waals surface area contributed by atoms with Crippen LogP contribution in [0.1, 0.15) is 18.4 Å². The number of likely N-dealkylation sites (tertiary alicyclic amines) is 1. The SMILES string of the molecule is N#Cc1ccc(-c2nccc3c(OC4CCN(C(=O)O)CC4)ncnc23)c(F)c1. The van der Waals surface area contributed by atoms with E-state index in [-0.39, 0.29) is 17.2 Å². The van der Waals surface area contributed by atoms with Gasteiger partial charge in [0.1, 0.15) is 23.8 Å². The molecule has 1 fully saturated rings. The number of pyridine rings is 1. The summed E-state index contributed by atoms with van der Waals surface area (Å²) in [5.41, 5.74) is 1.22. The second-order valence-corrected chi connectivity index (χ2v) is 6.63. The molecule has 29 heavy (non-hydrogen) atoms. The van der Waals surface area contributed by atoms with E-state index in [1.54, 1.807) is 6.07 Å². The molecule has 1 N–H and O–H groups in total. The molecule has 3 aromatic rings. The van der Waals surface area contributed by atoms with Gasteiger partial charge in [-0.25, -0.2) is 19.2 Å². The molecular formula is C20H16FN5O3. The first-order valence-electron chi connectivity index (χ1n) is 9.01. The number of carbonyl (C=O) groups is 1. The second-order valence-electron chi connectivity index (χ2n) is 6.63. The maximum atomic E-state index is 14.5. The Morgan fingerprint density at radius 2 is 2.03 bits per heavy atom. The molecule has 4 rings (SSSR count). The predicted octanol–water partition coefficient (Wildman–Crippen LogP) is 3.22. The van der Waals surface area contributed by atoms with Gasteiger partial charge < -0.3 is 14.7 Å². The third kappa shape index (κ3) is 3.65. The summed E-state index contributed by atoms with van der Waals surface area (Å²) in [4.78, 5) is 25.1. The smallest absolute Gasteiger partial charge is 0.407 e. The van der Waals surface area contributed by atoms with Crippen LogP contribution < -0.4 is 4.74 Å². The summed E-state index contributed by atoms with van der Waals surface area (Å²) >= 11 is 0. The highest BCUT2D eigenvalue weighted by Gasteiger charge is 2.24. The lowest BCUT2D eigenvalue weighted by Gasteiger charge is -2.30. The molecule has 0 bridgehead atoms. The van der Waals surface area contributed by atoms with Gasteiger partial charge in [0.2, 0.25) is 5.88 Å². The average molecular weight is 393 g/mol. The number of hydrogen-bond acceptors (Lipinski definition) is 6. The van der Waals surface area contributed by atoms with Gasteiger partial charge in [0, 0.05) is 37.7 Å². The van der Waals surface area contributed by atoms with Gasteiger partial charge in [-0.2, -0.15) is 5.26 Å². The number of benzene rings is 1. The number of nitriles is 1. The molecule has 0 radical (unpaired) electrons. The van der Waals surface area contributed by atoms with Gasteiger partial charge in [-0.05, 0) is 24.3 Å². The fourth-order valence-electron chi connectivity index (χ4n) is 3.36. The van der Waals surface area contributed by atoms with Gasteiger partial charge >= 0.3 is 6.09 Å². The molecule has 1 saturated heterocycles. The van der Waals surface area contributed by atoms with Crippen molar-refractivity contribution in [3.05, 3.63) is 48.2 Å². The van der Waals surface area contributed by atoms with E-state index in [2.05, 4.69) is 15.0 Å². The molecule has 3 heterocycles. The number of aromatic nitrogens is 3. The summed E-state index contributed by atoms with van der Waals surface area (Å²) in [6, 6.07) is 7.78. The fourth-order valence-corrected chi connectivity index (χ4v) is 3.36. The normalized spacial score (nSPS) is 14.6. The molecule has 9 heteroatoms. The number of piperidine rings is 1. The second kappa shape index (κ2) is 7.67. The summed E-state index contributed by atoms with van der Waals surface area (Å²) in [6.07, 6.45) is 2.86. The molecule has 1 amide bonds. The molecule has 1 aromatic carbocycles. The van der Waals surface area contributed by atoms with Gasteiger partial charge in [-0.3, -0.25) is 4.98 Å². The molecule has 2 aromatic heterocycles. The summed E-state index contributed by atoms with van der Waals surface area (Å²) in [5.74, 6) is -0.215. The number of hydrogen-bond donors (Lipinski definition) is 1. The van der Waals surface area contributed by atoms with Gasteiger partial charge in [0.25, 0.3) is 0 Å². The fraction of sp³-hybridized carbons (Fsp3) is 0.250. The molecule has 0 saturated carbocycles. The highest BCUT2D eigenvalue weighted by molar-refractivity contribution is 5.94. The molecule has 146 valence electrons. The van der Waals surface area contributed by atoms with Crippen LogP contribution in [-0.2, 0) is 0 Å². The van der Waals surface area contributed by atoms with Gasteiger partial charge in [0.05, 0.1) is 22.7 Å². The van der Waals surface area contributed by atoms with E-state index in [0.29, 0.717) is 48.4 Å². The van der Waals surface area contributed by atoms with Crippen LogP contribution in [0.15, 0.2) is 36.8 Å². The molecule has 0 unspecified atom stereocenters. The lowest BCUT2D eigenvalue weighted by Crippen LogP contribution is -2.41. The van der Waals surface area contributed by atoms with Crippen LogP contribution in [0.4, 0.5) is 9.18 Å². The van der Waals surface area contributed by atoms with E-state index in [0.717, 1.165) is 6.07 Å². The number of halogens is 1. The number of rotatable bonds is 3. The highest BCUT2D eigenvalue weighted by Crippen LogP contribution is 2.31. The minimum absolute atomic E-state index is 0.174. The van der Waals surface area contributed by atoms with Crippen LogP contribution in [0, 0.1) is 17.1 Å². The first kappa shape index (κ1) is 18.6. The molecule has 0 aliphatic carbocycles. The van der Waals surface area contributed by atoms with Crippen molar-refractivity contribution in [2.45, 2.75) is 18.9 Å². The zero-order valence-corrected chi connectivity index (χ0v) is 15.2. The van der Waals surface area contributed by atoms with Crippen molar-refractivity contribution in [1.82, 2.24) is 19.9 Å². The summed E-state index contributed by atoms with van der Waals surface area (Å²) in [6.45, 7) is 0.790. The Balaban J connectivity index is 1.66. The Morgan fingerprint density at radius 3 is 2.72 bits per heavy atom. The van der Waals surface area contributed by atoms with Crippen molar-refractivity contribution in [2.24, 2.45) is 0 Å². The molecule has 8 nitrogen and oxygen atoms in total. The standard InChI is InChI=1S/C20H16FN5O3/c21-16-9-12(10-22)1-2-14(16)17-18-15(3-6-23-17)19(25-11-24-18)29-13-4-7-26(8-5-13)20(27)28/h1-3,6,9,11,13H,4-5,7-8H2,(H,27,28). The Morgan fingerprint density at radius 1 is 1.24 bits per heavy atom. The zero-order valence-electron chi connectivity index (χ0n) is 15.2. The van der Waals surface area contributed by atoms with E-state index in [1.807, 2.05) is 6.07 Å². The number of ether oxygens (including phenoxy) is 1. The number of nitrogens with zero attached hydrogens (tertiary/aromatic N) is 5. The maximum absolute atomic E-state index is 14.5. The van der Waals surface area contributed by atoms with Crippen molar-refractivity contribution in [3.63, 3.8) is 0 Å². The molecule has 1 aliphatic rings. The predicted molar refractivity (Wildman–Crippen MR) is 101 cm³/mol. The largest absolute Gasteiger partial charge is 0.474 e. The topological polar surface area (TPSA) is 112 Å². The average Bonchev–Trinajstić information content (AvgIpc) is 2.74. The van der Waals surface area contributed by atoms with Crippen LogP contribution in [0.3, 0.4) is 0 Å². The van der Waals surface area contributed by atoms with Crippen molar-refractivity contribution >= 4 is 17.0 Å². The third-order valence-corrected chi connectivity index (χ3v) is 4.86. The van der Waals surface area contributed by atoms with Crippen molar-refractivity contribution < 1.29 is 19.0 Å². The third-order valence-electron chi connectivity index (χ3n) is 4.86. The van der Waals surface area contributed by atoms with E-state index in [4.69, 9.17) is 15.1 Å². The number of fused-ring (bicyclic) bond motifs is 1. The summed E-state index contributed by atoms with van der Waals surface area (Å²) in [7, 11) is 0. The molecule has 1 aliphatic heterocycles. The first-order chi connectivity index (χ1) is 14.1. The maximum Gasteiger partial charge on any atom is 0.407 e. The zero-order chi connectivity index (χ0) is 20.4. The van der Waals surface area contributed by atoms with E-state index in [1.165, 1.54) is 29.6 Å². The van der Waals surface area contributed by atoms with Gasteiger partial charge in [-0.15, -0.1) is 0 Å². The molecule has 0 spiro atoms. The minimum atomic E-state index is -0.934. The van der Waals surface area contributed by atoms with Crippen molar-refractivity contribution in [1.29, 1.82) is 5.26 Å². The number of amides is 1. The van der Waals surface area contributed by atoms with Crippen molar-refractivity contribution in [2.75, 3.05) is 13.1 Å². The van der Waals surface area contributed by atoms with Crippen molar-refractivity contribution in [3.8, 4) is 23.2 Å². The minimum Gasteiger partial charge on any atom is -0.474 e. The van der Waals surface area contributed by atoms with Crippen LogP contribution in [-0.4, -0.2) is 50.2 Å². The molecule has 0 atom stereocenters. The van der Waals surface area contributed by atoms with Crippen LogP contribution in [0.25, 0.3) is 22.2 Å². The monoisotopic (exact) mass is 393 g/mol. The van der Waals surface area contributed by atoms with Crippen LogP contribution in [0.5, 0.6) is 5.88 Å². The Hall–Kier alpha value is -3.80. The Bertz CT molecular complexity index is 1120. The van der Waals surface area contributed by atoms with Gasteiger partial charge in [-0.1, -0.05) is 0 Å². The van der Waals surface area contributed by atoms with Crippen LogP contribution in [0.2, 0.25) is 0 Å². The number of carboxylic acid groups (broad SMARTS) is 1. The van der Waals surface area contributed by atoms with E-state index >= 15 is 0 Å². The summed E-state index contributed by atoms with van der Waals surface area (Å²) < 4.78 is 20.5. The van der Waals surface area contributed by atoms with Gasteiger partial charge in [0.15, 0.2) is 0 Å². The summed E-state index contributed by atoms with van der Waals surface area (Å²) in [5, 5.41) is 18.6. The quantitative estimate of drug-likeness (QED) is 0.727. The van der Waals surface area contributed by atoms with Crippen LogP contribution >= 0.6 is 0 Å². The first-order valence-corrected chi connectivity index (χ1v) is 9.01. The Labute approximate surface area is 165 Å². The van der Waals surface area contributed by atoms with E-state index < -0.39 is 11.9 Å². The highest BCUT2D eigenvalue weighted by atomic mass is 19.1.